The Labute approximate surface area is 103 Å². The lowest BCUT2D eigenvalue weighted by Crippen LogP contribution is -2.28. The lowest BCUT2D eigenvalue weighted by atomic mass is 9.98. The molecule has 17 heavy (non-hydrogen) atoms. The van der Waals surface area contributed by atoms with E-state index >= 15 is 0 Å². The van der Waals surface area contributed by atoms with Gasteiger partial charge in [-0.3, -0.25) is 9.88 Å². The quantitative estimate of drug-likeness (QED) is 0.851. The van der Waals surface area contributed by atoms with E-state index in [2.05, 4.69) is 22.9 Å². The first-order valence-corrected chi connectivity index (χ1v) is 6.42. The van der Waals surface area contributed by atoms with Crippen LogP contribution in [-0.4, -0.2) is 33.7 Å². The van der Waals surface area contributed by atoms with E-state index < -0.39 is 5.60 Å². The average molecular weight is 234 g/mol. The van der Waals surface area contributed by atoms with Gasteiger partial charge in [-0.2, -0.15) is 0 Å². The Morgan fingerprint density at radius 1 is 1.41 bits per heavy atom. The van der Waals surface area contributed by atoms with Crippen molar-refractivity contribution in [2.24, 2.45) is 0 Å². The number of aliphatic hydroxyl groups is 1. The second-order valence-corrected chi connectivity index (χ2v) is 5.39. The molecule has 1 aliphatic heterocycles. The van der Waals surface area contributed by atoms with Gasteiger partial charge in [-0.25, -0.2) is 0 Å². The largest absolute Gasteiger partial charge is 0.390 e. The molecule has 3 nitrogen and oxygen atoms in total. The topological polar surface area (TPSA) is 36.4 Å². The van der Waals surface area contributed by atoms with Crippen LogP contribution in [0.1, 0.15) is 37.4 Å². The van der Waals surface area contributed by atoms with Crippen molar-refractivity contribution in [3.63, 3.8) is 0 Å². The van der Waals surface area contributed by atoms with Gasteiger partial charge in [0, 0.05) is 19.3 Å². The summed E-state index contributed by atoms with van der Waals surface area (Å²) in [5.41, 5.74) is 1.94. The molecule has 0 bridgehead atoms. The van der Waals surface area contributed by atoms with Crippen LogP contribution in [-0.2, 0) is 6.54 Å². The zero-order chi connectivity index (χ0) is 12.3. The lowest BCUT2D eigenvalue weighted by Gasteiger charge is -2.22. The Morgan fingerprint density at radius 3 is 3.00 bits per heavy atom. The highest BCUT2D eigenvalue weighted by molar-refractivity contribution is 5.17. The van der Waals surface area contributed by atoms with Crippen LogP contribution in [0.3, 0.4) is 0 Å². The maximum absolute atomic E-state index is 10.1. The zero-order valence-corrected chi connectivity index (χ0v) is 10.8. The molecule has 1 atom stereocenters. The number of pyridine rings is 1. The molecule has 0 saturated carbocycles. The van der Waals surface area contributed by atoms with E-state index in [0.717, 1.165) is 44.6 Å². The van der Waals surface area contributed by atoms with Gasteiger partial charge in [-0.15, -0.1) is 0 Å². The summed E-state index contributed by atoms with van der Waals surface area (Å²) >= 11 is 0. The highest BCUT2D eigenvalue weighted by atomic mass is 16.3. The predicted octanol–water partition coefficient (Wildman–Crippen LogP) is 2.13. The minimum Gasteiger partial charge on any atom is -0.390 e. The van der Waals surface area contributed by atoms with E-state index in [1.54, 1.807) is 0 Å². The first-order chi connectivity index (χ1) is 8.07. The van der Waals surface area contributed by atoms with Gasteiger partial charge in [0.1, 0.15) is 0 Å². The summed E-state index contributed by atoms with van der Waals surface area (Å²) in [7, 11) is 0. The van der Waals surface area contributed by atoms with Crippen LogP contribution >= 0.6 is 0 Å². The van der Waals surface area contributed by atoms with Crippen LogP contribution in [0.15, 0.2) is 18.3 Å². The van der Waals surface area contributed by atoms with Crippen molar-refractivity contribution in [2.45, 2.75) is 45.3 Å². The molecule has 1 saturated heterocycles. The van der Waals surface area contributed by atoms with E-state index in [0.29, 0.717) is 0 Å². The first kappa shape index (κ1) is 12.5. The van der Waals surface area contributed by atoms with Crippen LogP contribution in [0.2, 0.25) is 0 Å². The fraction of sp³-hybridized carbons (Fsp3) is 0.643. The van der Waals surface area contributed by atoms with Gasteiger partial charge in [-0.1, -0.05) is 6.07 Å². The van der Waals surface area contributed by atoms with Gasteiger partial charge in [-0.05, 0) is 51.3 Å². The predicted molar refractivity (Wildman–Crippen MR) is 68.7 cm³/mol. The number of aryl methyl sites for hydroxylation is 1. The SMILES string of the molecule is Cc1cccnc1CN1CCCC(C)(O)CC1. The van der Waals surface area contributed by atoms with E-state index in [9.17, 15) is 5.11 Å². The van der Waals surface area contributed by atoms with Gasteiger partial charge in [0.05, 0.1) is 11.3 Å². The molecule has 2 rings (SSSR count). The average Bonchev–Trinajstić information content (AvgIpc) is 2.44. The molecule has 0 aromatic carbocycles. The molecule has 1 aliphatic rings. The number of hydrogen-bond donors (Lipinski definition) is 1. The molecule has 1 unspecified atom stereocenters. The molecule has 0 radical (unpaired) electrons. The van der Waals surface area contributed by atoms with Gasteiger partial charge in [0.15, 0.2) is 0 Å². The number of likely N-dealkylation sites (tertiary alicyclic amines) is 1. The summed E-state index contributed by atoms with van der Waals surface area (Å²) in [5.74, 6) is 0. The molecule has 1 fully saturated rings. The molecule has 94 valence electrons. The third-order valence-electron chi connectivity index (χ3n) is 3.65. The Kier molecular flexibility index (Phi) is 3.79. The maximum Gasteiger partial charge on any atom is 0.0632 e. The molecular formula is C14H22N2O. The summed E-state index contributed by atoms with van der Waals surface area (Å²) in [6.45, 7) is 6.98. The minimum atomic E-state index is -0.478. The zero-order valence-electron chi connectivity index (χ0n) is 10.8. The van der Waals surface area contributed by atoms with Crippen LogP contribution in [0.4, 0.5) is 0 Å². The fourth-order valence-corrected chi connectivity index (χ4v) is 2.37. The van der Waals surface area contributed by atoms with Crippen LogP contribution < -0.4 is 0 Å². The van der Waals surface area contributed by atoms with Crippen molar-refractivity contribution in [2.75, 3.05) is 13.1 Å². The van der Waals surface area contributed by atoms with Crippen molar-refractivity contribution < 1.29 is 5.11 Å². The number of hydrogen-bond acceptors (Lipinski definition) is 3. The Hall–Kier alpha value is -0.930. The third kappa shape index (κ3) is 3.51. The maximum atomic E-state index is 10.1. The molecule has 1 aromatic rings. The Morgan fingerprint density at radius 2 is 2.24 bits per heavy atom. The van der Waals surface area contributed by atoms with Gasteiger partial charge >= 0.3 is 0 Å². The lowest BCUT2D eigenvalue weighted by molar-refractivity contribution is 0.0444. The van der Waals surface area contributed by atoms with Gasteiger partial charge in [0.25, 0.3) is 0 Å². The van der Waals surface area contributed by atoms with E-state index in [4.69, 9.17) is 0 Å². The second kappa shape index (κ2) is 5.15. The molecule has 3 heteroatoms. The van der Waals surface area contributed by atoms with Gasteiger partial charge < -0.3 is 5.11 Å². The van der Waals surface area contributed by atoms with Crippen molar-refractivity contribution in [3.8, 4) is 0 Å². The highest BCUT2D eigenvalue weighted by Gasteiger charge is 2.25. The fourth-order valence-electron chi connectivity index (χ4n) is 2.37. The number of rotatable bonds is 2. The van der Waals surface area contributed by atoms with E-state index in [-0.39, 0.29) is 0 Å². The molecule has 1 N–H and O–H groups in total. The van der Waals surface area contributed by atoms with Crippen molar-refractivity contribution >= 4 is 0 Å². The first-order valence-electron chi connectivity index (χ1n) is 6.42. The van der Waals surface area contributed by atoms with E-state index in [1.165, 1.54) is 5.56 Å². The smallest absolute Gasteiger partial charge is 0.0632 e. The van der Waals surface area contributed by atoms with Crippen LogP contribution in [0, 0.1) is 6.92 Å². The molecule has 0 amide bonds. The standard InChI is InChI=1S/C14H22N2O/c1-12-5-3-8-15-13(12)11-16-9-4-6-14(2,17)7-10-16/h3,5,8,17H,4,6-7,9-11H2,1-2H3. The van der Waals surface area contributed by atoms with Gasteiger partial charge in [0.2, 0.25) is 0 Å². The molecule has 0 aliphatic carbocycles. The van der Waals surface area contributed by atoms with Crippen molar-refractivity contribution in [1.82, 2.24) is 9.88 Å². The monoisotopic (exact) mass is 234 g/mol. The number of aromatic nitrogens is 1. The van der Waals surface area contributed by atoms with Crippen molar-refractivity contribution in [1.29, 1.82) is 0 Å². The summed E-state index contributed by atoms with van der Waals surface area (Å²) in [4.78, 5) is 6.83. The van der Waals surface area contributed by atoms with Crippen LogP contribution in [0.25, 0.3) is 0 Å². The normalized spacial score (nSPS) is 26.8. The number of nitrogens with zero attached hydrogens (tertiary/aromatic N) is 2. The Bertz CT molecular complexity index is 376. The highest BCUT2D eigenvalue weighted by Crippen LogP contribution is 2.22. The summed E-state index contributed by atoms with van der Waals surface area (Å²) in [6.07, 6.45) is 4.69. The molecule has 2 heterocycles. The summed E-state index contributed by atoms with van der Waals surface area (Å²) < 4.78 is 0. The van der Waals surface area contributed by atoms with E-state index in [1.807, 2.05) is 19.2 Å². The molecular weight excluding hydrogens is 212 g/mol. The van der Waals surface area contributed by atoms with Crippen molar-refractivity contribution in [3.05, 3.63) is 29.6 Å². The Balaban J connectivity index is 1.98. The second-order valence-electron chi connectivity index (χ2n) is 5.39. The van der Waals surface area contributed by atoms with Crippen LogP contribution in [0.5, 0.6) is 0 Å². The summed E-state index contributed by atoms with van der Waals surface area (Å²) in [6, 6.07) is 4.09. The molecule has 1 aromatic heterocycles. The molecule has 0 spiro atoms. The third-order valence-corrected chi connectivity index (χ3v) is 3.65. The minimum absolute atomic E-state index is 0.478. The summed E-state index contributed by atoms with van der Waals surface area (Å²) in [5, 5.41) is 10.1.